The van der Waals surface area contributed by atoms with E-state index in [2.05, 4.69) is 22.1 Å². The van der Waals surface area contributed by atoms with Crippen molar-refractivity contribution < 1.29 is 9.53 Å². The lowest BCUT2D eigenvalue weighted by Crippen LogP contribution is -2.43. The largest absolute Gasteiger partial charge is 0.444 e. The molecule has 0 spiro atoms. The molecule has 0 aromatic heterocycles. The monoisotopic (exact) mass is 481 g/mol. The second-order valence-electron chi connectivity index (χ2n) is 8.11. The molecule has 2 fully saturated rings. The summed E-state index contributed by atoms with van der Waals surface area (Å²) >= 11 is 0. The van der Waals surface area contributed by atoms with Gasteiger partial charge in [-0.3, -0.25) is 9.89 Å². The van der Waals surface area contributed by atoms with Gasteiger partial charge in [-0.1, -0.05) is 6.92 Å². The topological polar surface area (TPSA) is 83.2 Å². The van der Waals surface area contributed by atoms with E-state index in [1.54, 1.807) is 4.90 Å². The van der Waals surface area contributed by atoms with Gasteiger partial charge in [0.2, 0.25) is 0 Å². The van der Waals surface area contributed by atoms with Crippen LogP contribution in [0.5, 0.6) is 0 Å². The Balaban J connectivity index is 0.00000338. The number of carbonyl (C=O) groups is 1. The number of aliphatic imine (C=N–C) groups is 1. The highest BCUT2D eigenvalue weighted by Gasteiger charge is 2.29. The first kappa shape index (κ1) is 23.3. The molecule has 8 heteroatoms. The summed E-state index contributed by atoms with van der Waals surface area (Å²) in [6.07, 6.45) is 3.20. The molecule has 2 aliphatic rings. The van der Waals surface area contributed by atoms with Crippen LogP contribution in [-0.2, 0) is 4.74 Å². The predicted octanol–water partition coefficient (Wildman–Crippen LogP) is 2.25. The number of nitrogens with two attached hydrogens (primary N) is 1. The summed E-state index contributed by atoms with van der Waals surface area (Å²) in [4.78, 5) is 20.8. The smallest absolute Gasteiger partial charge is 0.410 e. The number of likely N-dealkylation sites (N-methyl/N-ethyl adjacent to an activating group) is 1. The van der Waals surface area contributed by atoms with Crippen LogP contribution in [0.4, 0.5) is 4.79 Å². The average molecular weight is 481 g/mol. The Morgan fingerprint density at radius 2 is 2.04 bits per heavy atom. The minimum absolute atomic E-state index is 0. The molecule has 2 saturated heterocycles. The highest BCUT2D eigenvalue weighted by Crippen LogP contribution is 2.20. The highest BCUT2D eigenvalue weighted by atomic mass is 127. The Kier molecular flexibility index (Phi) is 9.43. The van der Waals surface area contributed by atoms with Crippen LogP contribution in [0.3, 0.4) is 0 Å². The third-order valence-corrected chi connectivity index (χ3v) is 4.88. The Bertz CT molecular complexity index is 481. The molecule has 152 valence electrons. The summed E-state index contributed by atoms with van der Waals surface area (Å²) in [7, 11) is 0. The summed E-state index contributed by atoms with van der Waals surface area (Å²) in [5.41, 5.74) is 5.56. The molecule has 0 aromatic carbocycles. The van der Waals surface area contributed by atoms with Crippen molar-refractivity contribution in [3.8, 4) is 0 Å². The van der Waals surface area contributed by atoms with Crippen LogP contribution in [0.2, 0.25) is 0 Å². The molecule has 2 atom stereocenters. The number of nitrogens with zero attached hydrogens (tertiary/aromatic N) is 3. The molecular weight excluding hydrogens is 445 g/mol. The maximum absolute atomic E-state index is 12.1. The van der Waals surface area contributed by atoms with Gasteiger partial charge in [-0.15, -0.1) is 24.0 Å². The summed E-state index contributed by atoms with van der Waals surface area (Å²) in [6.45, 7) is 13.1. The maximum atomic E-state index is 12.1. The zero-order chi connectivity index (χ0) is 18.4. The van der Waals surface area contributed by atoms with Gasteiger partial charge in [-0.2, -0.15) is 0 Å². The first-order chi connectivity index (χ1) is 11.8. The van der Waals surface area contributed by atoms with Crippen molar-refractivity contribution in [2.24, 2.45) is 16.6 Å². The second-order valence-corrected chi connectivity index (χ2v) is 8.11. The fraction of sp³-hybridized carbons (Fsp3) is 0.889. The van der Waals surface area contributed by atoms with Crippen molar-refractivity contribution in [1.82, 2.24) is 15.1 Å². The van der Waals surface area contributed by atoms with Crippen LogP contribution in [0, 0.1) is 5.92 Å². The standard InChI is InChI=1S/C18H35N5O2.HI/c1-5-22-9-6-7-15(22)12-21-16(19)20-11-14-8-10-23(13-14)17(24)25-18(2,3)4;/h14-15H,5-13H2,1-4H3,(H3,19,20,21);1H. The quantitative estimate of drug-likeness (QED) is 0.358. The third-order valence-electron chi connectivity index (χ3n) is 4.88. The minimum Gasteiger partial charge on any atom is -0.444 e. The van der Waals surface area contributed by atoms with Crippen molar-refractivity contribution in [3.63, 3.8) is 0 Å². The van der Waals surface area contributed by atoms with Crippen LogP contribution >= 0.6 is 24.0 Å². The Hall–Kier alpha value is -0.770. The van der Waals surface area contributed by atoms with Gasteiger partial charge in [0.15, 0.2) is 5.96 Å². The molecule has 0 aliphatic carbocycles. The fourth-order valence-electron chi connectivity index (χ4n) is 3.52. The number of carbonyl (C=O) groups excluding carboxylic acids is 1. The molecule has 2 heterocycles. The van der Waals surface area contributed by atoms with Gasteiger partial charge in [-0.25, -0.2) is 4.79 Å². The SMILES string of the molecule is CCN1CCCC1CNC(N)=NCC1CCN(C(=O)OC(C)(C)C)C1.I. The van der Waals surface area contributed by atoms with Crippen molar-refractivity contribution in [2.45, 2.75) is 58.6 Å². The van der Waals surface area contributed by atoms with E-state index >= 15 is 0 Å². The first-order valence-corrected chi connectivity index (χ1v) is 9.54. The van der Waals surface area contributed by atoms with Crippen LogP contribution in [0.1, 0.15) is 47.0 Å². The molecule has 0 aromatic rings. The number of likely N-dealkylation sites (tertiary alicyclic amines) is 2. The van der Waals surface area contributed by atoms with Crippen LogP contribution < -0.4 is 11.1 Å². The normalized spacial score (nSPS) is 24.5. The Morgan fingerprint density at radius 3 is 2.69 bits per heavy atom. The van der Waals surface area contributed by atoms with E-state index in [1.165, 1.54) is 19.4 Å². The van der Waals surface area contributed by atoms with E-state index in [1.807, 2.05) is 20.8 Å². The van der Waals surface area contributed by atoms with E-state index in [0.717, 1.165) is 26.1 Å². The highest BCUT2D eigenvalue weighted by molar-refractivity contribution is 14.0. The van der Waals surface area contributed by atoms with Gasteiger partial charge < -0.3 is 20.7 Å². The van der Waals surface area contributed by atoms with Gasteiger partial charge in [0.25, 0.3) is 0 Å². The number of ether oxygens (including phenoxy) is 1. The number of nitrogens with one attached hydrogen (secondary N) is 1. The maximum Gasteiger partial charge on any atom is 0.410 e. The van der Waals surface area contributed by atoms with Crippen molar-refractivity contribution in [2.75, 3.05) is 39.3 Å². The summed E-state index contributed by atoms with van der Waals surface area (Å²) in [6, 6.07) is 0.563. The lowest BCUT2D eigenvalue weighted by Gasteiger charge is -2.24. The van der Waals surface area contributed by atoms with Gasteiger partial charge in [0.1, 0.15) is 5.60 Å². The zero-order valence-electron chi connectivity index (χ0n) is 16.7. The van der Waals surface area contributed by atoms with Crippen molar-refractivity contribution in [1.29, 1.82) is 0 Å². The average Bonchev–Trinajstić information content (AvgIpc) is 3.18. The molecule has 2 aliphatic heterocycles. The van der Waals surface area contributed by atoms with Gasteiger partial charge in [-0.05, 0) is 59.0 Å². The van der Waals surface area contributed by atoms with Crippen LogP contribution in [0.25, 0.3) is 0 Å². The zero-order valence-corrected chi connectivity index (χ0v) is 19.0. The molecule has 26 heavy (non-hydrogen) atoms. The van der Waals surface area contributed by atoms with Crippen molar-refractivity contribution in [3.05, 3.63) is 0 Å². The summed E-state index contributed by atoms with van der Waals surface area (Å²) in [5.74, 6) is 0.866. The van der Waals surface area contributed by atoms with Gasteiger partial charge in [0, 0.05) is 32.2 Å². The molecular formula is C18H36IN5O2. The Labute approximate surface area is 175 Å². The lowest BCUT2D eigenvalue weighted by molar-refractivity contribution is 0.0289. The van der Waals surface area contributed by atoms with E-state index in [4.69, 9.17) is 10.5 Å². The second kappa shape index (κ2) is 10.5. The van der Waals surface area contributed by atoms with Crippen molar-refractivity contribution >= 4 is 36.0 Å². The molecule has 0 saturated carbocycles. The molecule has 0 bridgehead atoms. The van der Waals surface area contributed by atoms with E-state index in [0.29, 0.717) is 31.0 Å². The summed E-state index contributed by atoms with van der Waals surface area (Å²) in [5, 5.41) is 3.26. The van der Waals surface area contributed by atoms with Gasteiger partial charge in [0.05, 0.1) is 0 Å². The van der Waals surface area contributed by atoms with Crippen LogP contribution in [0.15, 0.2) is 4.99 Å². The summed E-state index contributed by atoms with van der Waals surface area (Å²) < 4.78 is 5.42. The fourth-order valence-corrected chi connectivity index (χ4v) is 3.52. The number of hydrogen-bond donors (Lipinski definition) is 2. The predicted molar refractivity (Wildman–Crippen MR) is 116 cm³/mol. The van der Waals surface area contributed by atoms with Crippen LogP contribution in [-0.4, -0.2) is 72.8 Å². The molecule has 3 N–H and O–H groups in total. The van der Waals surface area contributed by atoms with E-state index in [-0.39, 0.29) is 30.1 Å². The van der Waals surface area contributed by atoms with E-state index in [9.17, 15) is 4.79 Å². The number of hydrogen-bond acceptors (Lipinski definition) is 4. The molecule has 2 unspecified atom stereocenters. The number of rotatable bonds is 5. The number of halogens is 1. The number of amides is 1. The number of guanidine groups is 1. The molecule has 0 radical (unpaired) electrons. The third kappa shape index (κ3) is 7.46. The Morgan fingerprint density at radius 1 is 1.31 bits per heavy atom. The molecule has 1 amide bonds. The first-order valence-electron chi connectivity index (χ1n) is 9.54. The molecule has 2 rings (SSSR count). The van der Waals surface area contributed by atoms with E-state index < -0.39 is 5.60 Å². The molecule has 7 nitrogen and oxygen atoms in total. The van der Waals surface area contributed by atoms with Gasteiger partial charge >= 0.3 is 6.09 Å². The lowest BCUT2D eigenvalue weighted by atomic mass is 10.1. The minimum atomic E-state index is -0.450.